The van der Waals surface area contributed by atoms with Crippen LogP contribution in [0.5, 0.6) is 0 Å². The number of aliphatic imine (C=N–C) groups is 1. The molecule has 2 heterocycles. The van der Waals surface area contributed by atoms with Crippen LogP contribution in [0.2, 0.25) is 0 Å². The van der Waals surface area contributed by atoms with Gasteiger partial charge in [0.15, 0.2) is 17.5 Å². The molecule has 0 saturated carbocycles. The standard InChI is InChI=1S/C47H33N5/c1-5-13-34(14-6-1)42-31-43(49-44(48-42)35-15-7-2-8-16-35)40-28-24-33-23-27-39(29-41(33)30-40)32-21-25-38(26-22-32)47-51-45(36-17-9-3-10-18-36)50-46(52-47)37-19-11-4-12-20-37/h1-31,44,49H. The van der Waals surface area contributed by atoms with Crippen molar-refractivity contribution in [3.63, 3.8) is 0 Å². The average molecular weight is 668 g/mol. The number of allylic oxidation sites excluding steroid dienone is 1. The van der Waals surface area contributed by atoms with Gasteiger partial charge in [-0.2, -0.15) is 0 Å². The van der Waals surface area contributed by atoms with Crippen molar-refractivity contribution in [3.8, 4) is 45.3 Å². The van der Waals surface area contributed by atoms with E-state index < -0.39 is 0 Å². The molecule has 9 rings (SSSR count). The molecule has 1 aromatic heterocycles. The van der Waals surface area contributed by atoms with E-state index in [9.17, 15) is 0 Å². The van der Waals surface area contributed by atoms with E-state index in [1.807, 2.05) is 72.8 Å². The van der Waals surface area contributed by atoms with Gasteiger partial charge in [-0.05, 0) is 56.8 Å². The summed E-state index contributed by atoms with van der Waals surface area (Å²) < 4.78 is 0. The summed E-state index contributed by atoms with van der Waals surface area (Å²) in [6.07, 6.45) is 1.97. The second-order valence-corrected chi connectivity index (χ2v) is 12.8. The molecular weight excluding hydrogens is 635 g/mol. The molecule has 5 heteroatoms. The first-order valence-electron chi connectivity index (χ1n) is 17.4. The van der Waals surface area contributed by atoms with Gasteiger partial charge in [0.25, 0.3) is 0 Å². The number of rotatable bonds is 7. The highest BCUT2D eigenvalue weighted by atomic mass is 15.1. The molecule has 5 nitrogen and oxygen atoms in total. The summed E-state index contributed by atoms with van der Waals surface area (Å²) in [5.41, 5.74) is 10.4. The lowest BCUT2D eigenvalue weighted by atomic mass is 9.97. The van der Waals surface area contributed by atoms with Crippen LogP contribution in [-0.4, -0.2) is 20.7 Å². The Bertz CT molecular complexity index is 2510. The maximum Gasteiger partial charge on any atom is 0.164 e. The normalized spacial score (nSPS) is 14.0. The summed E-state index contributed by atoms with van der Waals surface area (Å²) >= 11 is 0. The average Bonchev–Trinajstić information content (AvgIpc) is 3.24. The molecule has 0 bridgehead atoms. The number of hydrogen-bond acceptors (Lipinski definition) is 5. The van der Waals surface area contributed by atoms with Crippen LogP contribution in [0.1, 0.15) is 22.9 Å². The Labute approximate surface area is 302 Å². The van der Waals surface area contributed by atoms with Crippen LogP contribution in [-0.2, 0) is 0 Å². The lowest BCUT2D eigenvalue weighted by Gasteiger charge is -2.25. The number of benzene rings is 7. The van der Waals surface area contributed by atoms with Gasteiger partial charge in [-0.25, -0.2) is 15.0 Å². The van der Waals surface area contributed by atoms with Crippen LogP contribution in [0.15, 0.2) is 193 Å². The fourth-order valence-corrected chi connectivity index (χ4v) is 6.60. The van der Waals surface area contributed by atoms with Crippen LogP contribution in [0.3, 0.4) is 0 Å². The van der Waals surface area contributed by atoms with Gasteiger partial charge in [-0.15, -0.1) is 0 Å². The Morgan fingerprint density at radius 2 is 0.808 bits per heavy atom. The van der Waals surface area contributed by atoms with Gasteiger partial charge < -0.3 is 5.32 Å². The lowest BCUT2D eigenvalue weighted by Crippen LogP contribution is -2.24. The molecule has 0 saturated heterocycles. The van der Waals surface area contributed by atoms with Crippen LogP contribution >= 0.6 is 0 Å². The van der Waals surface area contributed by atoms with E-state index >= 15 is 0 Å². The van der Waals surface area contributed by atoms with E-state index in [0.717, 1.165) is 55.9 Å². The largest absolute Gasteiger partial charge is 0.360 e. The third-order valence-corrected chi connectivity index (χ3v) is 9.35. The summed E-state index contributed by atoms with van der Waals surface area (Å²) in [5, 5.41) is 6.05. The number of hydrogen-bond donors (Lipinski definition) is 1. The molecule has 1 atom stereocenters. The van der Waals surface area contributed by atoms with Gasteiger partial charge in [0, 0.05) is 22.4 Å². The van der Waals surface area contributed by atoms with Gasteiger partial charge >= 0.3 is 0 Å². The molecule has 1 aliphatic heterocycles. The maximum atomic E-state index is 5.10. The van der Waals surface area contributed by atoms with Crippen LogP contribution in [0.4, 0.5) is 0 Å². The zero-order valence-electron chi connectivity index (χ0n) is 28.3. The van der Waals surface area contributed by atoms with Gasteiger partial charge in [-0.3, -0.25) is 4.99 Å². The number of nitrogens with one attached hydrogen (secondary N) is 1. The predicted octanol–water partition coefficient (Wildman–Crippen LogP) is 10.8. The van der Waals surface area contributed by atoms with Crippen molar-refractivity contribution >= 4 is 22.2 Å². The molecule has 0 aliphatic carbocycles. The monoisotopic (exact) mass is 667 g/mol. The molecule has 246 valence electrons. The third kappa shape index (κ3) is 6.39. The Hall–Kier alpha value is -6.98. The fraction of sp³-hybridized carbons (Fsp3) is 0.0213. The Balaban J connectivity index is 1.05. The number of nitrogens with zero attached hydrogens (tertiary/aromatic N) is 4. The van der Waals surface area contributed by atoms with E-state index in [1.54, 1.807) is 0 Å². The van der Waals surface area contributed by atoms with Crippen LogP contribution < -0.4 is 5.32 Å². The molecule has 8 aromatic rings. The summed E-state index contributed by atoms with van der Waals surface area (Å²) in [4.78, 5) is 19.7. The van der Waals surface area contributed by atoms with E-state index in [-0.39, 0.29) is 6.17 Å². The van der Waals surface area contributed by atoms with E-state index in [1.165, 1.54) is 10.8 Å². The molecule has 1 N–H and O–H groups in total. The predicted molar refractivity (Wildman–Crippen MR) is 212 cm³/mol. The molecule has 0 amide bonds. The number of aromatic nitrogens is 3. The first-order chi connectivity index (χ1) is 25.7. The highest BCUT2D eigenvalue weighted by Gasteiger charge is 2.20. The first-order valence-corrected chi connectivity index (χ1v) is 17.4. The summed E-state index contributed by atoms with van der Waals surface area (Å²) in [6.45, 7) is 0. The van der Waals surface area contributed by atoms with Crippen molar-refractivity contribution < 1.29 is 0 Å². The van der Waals surface area contributed by atoms with Crippen LogP contribution in [0, 0.1) is 0 Å². The van der Waals surface area contributed by atoms with Gasteiger partial charge in [0.1, 0.15) is 6.17 Å². The van der Waals surface area contributed by atoms with Crippen molar-refractivity contribution in [1.29, 1.82) is 0 Å². The van der Waals surface area contributed by atoms with E-state index in [0.29, 0.717) is 17.5 Å². The minimum atomic E-state index is -0.186. The van der Waals surface area contributed by atoms with Crippen molar-refractivity contribution in [2.24, 2.45) is 4.99 Å². The molecule has 0 radical (unpaired) electrons. The fourth-order valence-electron chi connectivity index (χ4n) is 6.60. The summed E-state index contributed by atoms with van der Waals surface area (Å²) in [5.74, 6) is 1.94. The molecule has 0 fully saturated rings. The minimum Gasteiger partial charge on any atom is -0.360 e. The molecule has 7 aromatic carbocycles. The topological polar surface area (TPSA) is 63.1 Å². The quantitative estimate of drug-likeness (QED) is 0.184. The summed E-state index contributed by atoms with van der Waals surface area (Å²) in [6, 6.07) is 62.7. The van der Waals surface area contributed by atoms with E-state index in [4.69, 9.17) is 19.9 Å². The highest BCUT2D eigenvalue weighted by molar-refractivity contribution is 6.13. The van der Waals surface area contributed by atoms with Gasteiger partial charge in [0.2, 0.25) is 0 Å². The second kappa shape index (κ2) is 13.7. The highest BCUT2D eigenvalue weighted by Crippen LogP contribution is 2.32. The zero-order valence-corrected chi connectivity index (χ0v) is 28.3. The molecule has 1 aliphatic rings. The SMILES string of the molecule is C1=C(c2ccc3ccc(-c4ccc(-c5nc(-c6ccccc6)nc(-c6ccccc6)n5)cc4)cc3c2)NC(c2ccccc2)N=C1c1ccccc1. The van der Waals surface area contributed by atoms with Gasteiger partial charge in [-0.1, -0.05) is 170 Å². The second-order valence-electron chi connectivity index (χ2n) is 12.8. The van der Waals surface area contributed by atoms with Crippen molar-refractivity contribution in [2.75, 3.05) is 0 Å². The molecule has 0 spiro atoms. The van der Waals surface area contributed by atoms with Crippen molar-refractivity contribution in [1.82, 2.24) is 20.3 Å². The molecular formula is C47H33N5. The first kappa shape index (κ1) is 31.0. The van der Waals surface area contributed by atoms with Gasteiger partial charge in [0.05, 0.1) is 5.71 Å². The molecule has 52 heavy (non-hydrogen) atoms. The smallest absolute Gasteiger partial charge is 0.164 e. The third-order valence-electron chi connectivity index (χ3n) is 9.35. The van der Waals surface area contributed by atoms with Crippen molar-refractivity contribution in [3.05, 3.63) is 205 Å². The Kier molecular flexibility index (Phi) is 8.20. The van der Waals surface area contributed by atoms with E-state index in [2.05, 4.69) is 121 Å². The minimum absolute atomic E-state index is 0.186. The Morgan fingerprint density at radius 1 is 0.365 bits per heavy atom. The van der Waals surface area contributed by atoms with Crippen LogP contribution in [0.25, 0.3) is 61.8 Å². The van der Waals surface area contributed by atoms with Crippen molar-refractivity contribution in [2.45, 2.75) is 6.17 Å². The zero-order chi connectivity index (χ0) is 34.7. The Morgan fingerprint density at radius 3 is 1.38 bits per heavy atom. The lowest BCUT2D eigenvalue weighted by molar-refractivity contribution is 0.664. The summed E-state index contributed by atoms with van der Waals surface area (Å²) in [7, 11) is 0. The molecule has 1 unspecified atom stereocenters. The number of fused-ring (bicyclic) bond motifs is 1. The maximum absolute atomic E-state index is 5.10.